The molecule has 0 amide bonds. The molecule has 1 N–H and O–H groups in total. The maximum atomic E-state index is 11.7. The molecule has 2 aromatic carbocycles. The molecule has 2 unspecified atom stereocenters. The van der Waals surface area contributed by atoms with Crippen LogP contribution in [0.4, 0.5) is 0 Å². The first kappa shape index (κ1) is 17.0. The third-order valence-electron chi connectivity index (χ3n) is 4.54. The van der Waals surface area contributed by atoms with E-state index < -0.39 is 12.0 Å². The largest absolute Gasteiger partial charge is 0.497 e. The van der Waals surface area contributed by atoms with Gasteiger partial charge in [0.15, 0.2) is 0 Å². The Morgan fingerprint density at radius 2 is 1.96 bits per heavy atom. The van der Waals surface area contributed by atoms with Gasteiger partial charge in [0, 0.05) is 11.0 Å². The van der Waals surface area contributed by atoms with Crippen LogP contribution in [0.1, 0.15) is 30.0 Å². The summed E-state index contributed by atoms with van der Waals surface area (Å²) in [7, 11) is 1.64. The standard InChI is InChI=1S/C19H20BrNO3/c1-24-14-10-8-13(9-11-14)18(15-5-2-3-6-16(15)20)21-12-4-7-17(21)19(22)23/h2-3,5-6,8-11,17-18H,4,7,12H2,1H3,(H,22,23). The third kappa shape index (κ3) is 3.32. The number of hydrogen-bond donors (Lipinski definition) is 1. The molecule has 0 saturated carbocycles. The highest BCUT2D eigenvalue weighted by molar-refractivity contribution is 9.10. The first-order valence-corrected chi connectivity index (χ1v) is 8.78. The Hall–Kier alpha value is -1.85. The lowest BCUT2D eigenvalue weighted by Crippen LogP contribution is -2.39. The Kier molecular flexibility index (Phi) is 5.21. The van der Waals surface area contributed by atoms with Gasteiger partial charge >= 0.3 is 5.97 Å². The fraction of sp³-hybridized carbons (Fsp3) is 0.316. The summed E-state index contributed by atoms with van der Waals surface area (Å²) in [5, 5.41) is 9.60. The highest BCUT2D eigenvalue weighted by Gasteiger charge is 2.37. The molecule has 1 fully saturated rings. The number of carboxylic acid groups (broad SMARTS) is 1. The van der Waals surface area contributed by atoms with Gasteiger partial charge in [-0.2, -0.15) is 0 Å². The summed E-state index contributed by atoms with van der Waals surface area (Å²) >= 11 is 3.63. The lowest BCUT2D eigenvalue weighted by atomic mass is 9.96. The molecule has 1 aliphatic heterocycles. The van der Waals surface area contributed by atoms with Crippen molar-refractivity contribution in [2.45, 2.75) is 24.9 Å². The average molecular weight is 390 g/mol. The van der Waals surface area contributed by atoms with E-state index >= 15 is 0 Å². The van der Waals surface area contributed by atoms with E-state index in [1.165, 1.54) is 0 Å². The van der Waals surface area contributed by atoms with Gasteiger partial charge in [0.05, 0.1) is 13.2 Å². The normalized spacial score (nSPS) is 19.2. The molecule has 0 aliphatic carbocycles. The van der Waals surface area contributed by atoms with E-state index in [4.69, 9.17) is 4.74 Å². The summed E-state index contributed by atoms with van der Waals surface area (Å²) in [5.41, 5.74) is 2.15. The minimum atomic E-state index is -0.752. The Labute approximate surface area is 150 Å². The van der Waals surface area contributed by atoms with E-state index in [1.807, 2.05) is 42.5 Å². The molecule has 24 heavy (non-hydrogen) atoms. The zero-order valence-electron chi connectivity index (χ0n) is 13.5. The van der Waals surface area contributed by atoms with Crippen LogP contribution >= 0.6 is 15.9 Å². The monoisotopic (exact) mass is 389 g/mol. The van der Waals surface area contributed by atoms with Crippen molar-refractivity contribution < 1.29 is 14.6 Å². The molecule has 4 nitrogen and oxygen atoms in total. The number of benzene rings is 2. The molecule has 126 valence electrons. The predicted octanol–water partition coefficient (Wildman–Crippen LogP) is 4.10. The van der Waals surface area contributed by atoms with E-state index in [1.54, 1.807) is 7.11 Å². The molecular formula is C19H20BrNO3. The van der Waals surface area contributed by atoms with Crippen molar-refractivity contribution in [3.8, 4) is 5.75 Å². The first-order valence-electron chi connectivity index (χ1n) is 7.98. The Morgan fingerprint density at radius 1 is 1.25 bits per heavy atom. The number of hydrogen-bond acceptors (Lipinski definition) is 3. The smallest absolute Gasteiger partial charge is 0.320 e. The molecule has 0 spiro atoms. The van der Waals surface area contributed by atoms with Crippen LogP contribution in [0.15, 0.2) is 53.0 Å². The number of nitrogens with zero attached hydrogens (tertiary/aromatic N) is 1. The maximum Gasteiger partial charge on any atom is 0.320 e. The van der Waals surface area contributed by atoms with Crippen LogP contribution in [0.2, 0.25) is 0 Å². The Morgan fingerprint density at radius 3 is 2.58 bits per heavy atom. The molecule has 0 radical (unpaired) electrons. The number of methoxy groups -OCH3 is 1. The number of halogens is 1. The van der Waals surface area contributed by atoms with Gasteiger partial charge in [-0.05, 0) is 42.2 Å². The first-order chi connectivity index (χ1) is 11.6. The van der Waals surface area contributed by atoms with Crippen LogP contribution in [0.5, 0.6) is 5.75 Å². The number of likely N-dealkylation sites (tertiary alicyclic amines) is 1. The number of rotatable bonds is 5. The van der Waals surface area contributed by atoms with Gasteiger partial charge < -0.3 is 9.84 Å². The van der Waals surface area contributed by atoms with Crippen molar-refractivity contribution in [2.75, 3.05) is 13.7 Å². The lowest BCUT2D eigenvalue weighted by molar-refractivity contribution is -0.142. The van der Waals surface area contributed by atoms with Crippen LogP contribution in [-0.2, 0) is 4.79 Å². The van der Waals surface area contributed by atoms with Gasteiger partial charge in [0.1, 0.15) is 11.8 Å². The Balaban J connectivity index is 2.06. The minimum Gasteiger partial charge on any atom is -0.497 e. The molecular weight excluding hydrogens is 370 g/mol. The number of carbonyl (C=O) groups is 1. The second-order valence-electron chi connectivity index (χ2n) is 5.93. The molecule has 1 heterocycles. The molecule has 5 heteroatoms. The van der Waals surface area contributed by atoms with Crippen LogP contribution in [-0.4, -0.2) is 35.7 Å². The van der Waals surface area contributed by atoms with E-state index in [0.717, 1.165) is 34.3 Å². The van der Waals surface area contributed by atoms with Crippen molar-refractivity contribution in [3.63, 3.8) is 0 Å². The summed E-state index contributed by atoms with van der Waals surface area (Å²) in [5.74, 6) is 0.0406. The fourth-order valence-corrected chi connectivity index (χ4v) is 3.90. The molecule has 1 saturated heterocycles. The minimum absolute atomic E-state index is 0.102. The molecule has 2 atom stereocenters. The topological polar surface area (TPSA) is 49.8 Å². The molecule has 2 aromatic rings. The van der Waals surface area contributed by atoms with E-state index in [0.29, 0.717) is 6.42 Å². The van der Waals surface area contributed by atoms with Crippen molar-refractivity contribution in [2.24, 2.45) is 0 Å². The van der Waals surface area contributed by atoms with Crippen molar-refractivity contribution >= 4 is 21.9 Å². The second-order valence-corrected chi connectivity index (χ2v) is 6.79. The molecule has 3 rings (SSSR count). The summed E-state index contributed by atoms with van der Waals surface area (Å²) in [6, 6.07) is 15.3. The van der Waals surface area contributed by atoms with Crippen molar-refractivity contribution in [3.05, 3.63) is 64.1 Å². The summed E-state index contributed by atoms with van der Waals surface area (Å²) in [4.78, 5) is 13.8. The van der Waals surface area contributed by atoms with Gasteiger partial charge in [0.25, 0.3) is 0 Å². The fourth-order valence-electron chi connectivity index (χ4n) is 3.40. The quantitative estimate of drug-likeness (QED) is 0.836. The molecule has 0 bridgehead atoms. The number of carboxylic acids is 1. The van der Waals surface area contributed by atoms with Gasteiger partial charge in [-0.3, -0.25) is 9.69 Å². The lowest BCUT2D eigenvalue weighted by Gasteiger charge is -2.32. The van der Waals surface area contributed by atoms with Gasteiger partial charge in [0.2, 0.25) is 0 Å². The van der Waals surface area contributed by atoms with Crippen LogP contribution in [0, 0.1) is 0 Å². The highest BCUT2D eigenvalue weighted by atomic mass is 79.9. The zero-order chi connectivity index (χ0) is 17.1. The zero-order valence-corrected chi connectivity index (χ0v) is 15.1. The van der Waals surface area contributed by atoms with Gasteiger partial charge in [-0.15, -0.1) is 0 Å². The average Bonchev–Trinajstić information content (AvgIpc) is 3.07. The van der Waals surface area contributed by atoms with Crippen molar-refractivity contribution in [1.29, 1.82) is 0 Å². The highest BCUT2D eigenvalue weighted by Crippen LogP contribution is 2.38. The number of ether oxygens (including phenoxy) is 1. The predicted molar refractivity (Wildman–Crippen MR) is 96.3 cm³/mol. The van der Waals surface area contributed by atoms with Gasteiger partial charge in [-0.25, -0.2) is 0 Å². The van der Waals surface area contributed by atoms with E-state index in [2.05, 4.69) is 26.9 Å². The summed E-state index contributed by atoms with van der Waals surface area (Å²) in [6.45, 7) is 0.773. The summed E-state index contributed by atoms with van der Waals surface area (Å²) in [6.07, 6.45) is 1.58. The Bertz CT molecular complexity index is 717. The van der Waals surface area contributed by atoms with E-state index in [9.17, 15) is 9.90 Å². The second kappa shape index (κ2) is 7.36. The summed E-state index contributed by atoms with van der Waals surface area (Å²) < 4.78 is 6.23. The van der Waals surface area contributed by atoms with Crippen LogP contribution in [0.25, 0.3) is 0 Å². The third-order valence-corrected chi connectivity index (χ3v) is 5.26. The molecule has 1 aliphatic rings. The SMILES string of the molecule is COc1ccc(C(c2ccccc2Br)N2CCCC2C(=O)O)cc1. The molecule has 0 aromatic heterocycles. The maximum absolute atomic E-state index is 11.7. The number of aliphatic carboxylic acids is 1. The van der Waals surface area contributed by atoms with Crippen LogP contribution < -0.4 is 4.74 Å². The van der Waals surface area contributed by atoms with E-state index in [-0.39, 0.29) is 6.04 Å². The van der Waals surface area contributed by atoms with Crippen LogP contribution in [0.3, 0.4) is 0 Å². The van der Waals surface area contributed by atoms with Gasteiger partial charge in [-0.1, -0.05) is 46.3 Å². The van der Waals surface area contributed by atoms with Crippen molar-refractivity contribution in [1.82, 2.24) is 4.90 Å².